The highest BCUT2D eigenvalue weighted by molar-refractivity contribution is 6.24. The number of hydrogen-bond donors (Lipinski definition) is 0. The van der Waals surface area contributed by atoms with Gasteiger partial charge in [0.15, 0.2) is 0 Å². The molecular formula is C35H24. The lowest BCUT2D eigenvalue weighted by molar-refractivity contribution is 0.770. The molecule has 0 nitrogen and oxygen atoms in total. The Bertz CT molecular complexity index is 2010. The van der Waals surface area contributed by atoms with Crippen LogP contribution in [0.25, 0.3) is 64.6 Å². The molecule has 0 aliphatic carbocycles. The third kappa shape index (κ3) is 2.63. The predicted molar refractivity (Wildman–Crippen MR) is 152 cm³/mol. The molecule has 0 bridgehead atoms. The van der Waals surface area contributed by atoms with Crippen LogP contribution < -0.4 is 0 Å². The van der Waals surface area contributed by atoms with Crippen LogP contribution in [0.15, 0.2) is 109 Å². The maximum absolute atomic E-state index is 2.39. The smallest absolute Gasteiger partial charge is 0.00239 e. The van der Waals surface area contributed by atoms with E-state index in [1.54, 1.807) is 0 Å². The first kappa shape index (κ1) is 19.2. The SMILES string of the molecule is CC(Cc1ccc2ccc3cccc4ccc1c2c34)c1ccc2ccc3cccc4ccc1c2c34. The first-order valence-corrected chi connectivity index (χ1v) is 12.6. The van der Waals surface area contributed by atoms with Crippen molar-refractivity contribution in [3.05, 3.63) is 120 Å². The highest BCUT2D eigenvalue weighted by atomic mass is 14.2. The molecule has 164 valence electrons. The van der Waals surface area contributed by atoms with Gasteiger partial charge in [0, 0.05) is 0 Å². The van der Waals surface area contributed by atoms with Crippen LogP contribution >= 0.6 is 0 Å². The highest BCUT2D eigenvalue weighted by Gasteiger charge is 2.17. The van der Waals surface area contributed by atoms with Crippen molar-refractivity contribution in [2.24, 2.45) is 0 Å². The van der Waals surface area contributed by atoms with Gasteiger partial charge in [-0.2, -0.15) is 0 Å². The Kier molecular flexibility index (Phi) is 3.80. The van der Waals surface area contributed by atoms with Gasteiger partial charge < -0.3 is 0 Å². The lowest BCUT2D eigenvalue weighted by Crippen LogP contribution is -2.01. The molecule has 0 amide bonds. The summed E-state index contributed by atoms with van der Waals surface area (Å²) in [6.07, 6.45) is 1.03. The summed E-state index contributed by atoms with van der Waals surface area (Å²) in [5, 5.41) is 16.4. The fraction of sp³-hybridized carbons (Fsp3) is 0.0857. The van der Waals surface area contributed by atoms with Crippen LogP contribution in [0.4, 0.5) is 0 Å². The molecule has 1 atom stereocenters. The van der Waals surface area contributed by atoms with Crippen molar-refractivity contribution < 1.29 is 0 Å². The lowest BCUT2D eigenvalue weighted by Gasteiger charge is -2.20. The molecule has 8 rings (SSSR count). The van der Waals surface area contributed by atoms with Gasteiger partial charge in [0.2, 0.25) is 0 Å². The monoisotopic (exact) mass is 444 g/mol. The predicted octanol–water partition coefficient (Wildman–Crippen LogP) is 9.83. The topological polar surface area (TPSA) is 0 Å². The van der Waals surface area contributed by atoms with Crippen molar-refractivity contribution in [1.29, 1.82) is 0 Å². The molecule has 0 aliphatic heterocycles. The summed E-state index contributed by atoms with van der Waals surface area (Å²) in [6, 6.07) is 41.0. The summed E-state index contributed by atoms with van der Waals surface area (Å²) in [7, 11) is 0. The van der Waals surface area contributed by atoms with Gasteiger partial charge in [-0.3, -0.25) is 0 Å². The third-order valence-electron chi connectivity index (χ3n) is 8.24. The van der Waals surface area contributed by atoms with E-state index in [9.17, 15) is 0 Å². The van der Waals surface area contributed by atoms with E-state index in [4.69, 9.17) is 0 Å². The second-order valence-corrected chi connectivity index (χ2v) is 10.2. The van der Waals surface area contributed by atoms with Gasteiger partial charge in [-0.25, -0.2) is 0 Å². The third-order valence-corrected chi connectivity index (χ3v) is 8.24. The van der Waals surface area contributed by atoms with E-state index in [1.807, 2.05) is 0 Å². The van der Waals surface area contributed by atoms with Gasteiger partial charge in [0.25, 0.3) is 0 Å². The summed E-state index contributed by atoms with van der Waals surface area (Å²) < 4.78 is 0. The Hall–Kier alpha value is -4.16. The molecule has 0 heteroatoms. The Morgan fingerprint density at radius 2 is 0.857 bits per heavy atom. The number of hydrogen-bond acceptors (Lipinski definition) is 0. The quantitative estimate of drug-likeness (QED) is 0.238. The van der Waals surface area contributed by atoms with Crippen molar-refractivity contribution in [1.82, 2.24) is 0 Å². The van der Waals surface area contributed by atoms with E-state index < -0.39 is 0 Å². The number of benzene rings is 8. The maximum atomic E-state index is 2.39. The van der Waals surface area contributed by atoms with Gasteiger partial charge in [-0.15, -0.1) is 0 Å². The van der Waals surface area contributed by atoms with Crippen LogP contribution in [0.3, 0.4) is 0 Å². The summed E-state index contributed by atoms with van der Waals surface area (Å²) in [6.45, 7) is 2.39. The maximum Gasteiger partial charge on any atom is -0.00239 e. The molecule has 8 aromatic carbocycles. The summed E-state index contributed by atoms with van der Waals surface area (Å²) in [4.78, 5) is 0. The van der Waals surface area contributed by atoms with Crippen LogP contribution in [0, 0.1) is 0 Å². The van der Waals surface area contributed by atoms with Crippen LogP contribution in [-0.2, 0) is 6.42 Å². The summed E-state index contributed by atoms with van der Waals surface area (Å²) >= 11 is 0. The van der Waals surface area contributed by atoms with Gasteiger partial charge in [0.05, 0.1) is 0 Å². The Morgan fingerprint density at radius 3 is 1.46 bits per heavy atom. The van der Waals surface area contributed by atoms with Gasteiger partial charge >= 0.3 is 0 Å². The molecule has 0 radical (unpaired) electrons. The lowest BCUT2D eigenvalue weighted by atomic mass is 9.84. The molecule has 0 heterocycles. The standard InChI is InChI=1S/C35H24/c1-21(29-17-14-27-11-9-23-5-3-7-25-16-19-31(29)35(27)33(23)25)20-28-13-12-26-10-8-22-4-2-6-24-15-18-30(28)34(26)32(22)24/h2-19,21H,20H2,1H3. The van der Waals surface area contributed by atoms with E-state index in [1.165, 1.54) is 75.8 Å². The summed E-state index contributed by atoms with van der Waals surface area (Å²) in [5.74, 6) is 0.415. The van der Waals surface area contributed by atoms with Crippen molar-refractivity contribution >= 4 is 64.6 Å². The van der Waals surface area contributed by atoms with Gasteiger partial charge in [0.1, 0.15) is 0 Å². The second kappa shape index (κ2) is 6.93. The largest absolute Gasteiger partial charge is 0.0610 e. The Balaban J connectivity index is 1.32. The van der Waals surface area contributed by atoms with E-state index in [0.29, 0.717) is 5.92 Å². The van der Waals surface area contributed by atoms with Crippen LogP contribution in [0.2, 0.25) is 0 Å². The minimum Gasteiger partial charge on any atom is -0.0610 e. The van der Waals surface area contributed by atoms with Crippen molar-refractivity contribution in [3.8, 4) is 0 Å². The molecule has 0 aromatic heterocycles. The highest BCUT2D eigenvalue weighted by Crippen LogP contribution is 2.40. The molecule has 1 unspecified atom stereocenters. The number of rotatable bonds is 3. The molecule has 35 heavy (non-hydrogen) atoms. The van der Waals surface area contributed by atoms with Crippen LogP contribution in [-0.4, -0.2) is 0 Å². The average Bonchev–Trinajstić information content (AvgIpc) is 2.91. The first-order chi connectivity index (χ1) is 17.3. The molecular weight excluding hydrogens is 420 g/mol. The normalized spacial score (nSPS) is 13.3. The van der Waals surface area contributed by atoms with Gasteiger partial charge in [-0.05, 0) is 88.1 Å². The van der Waals surface area contributed by atoms with Crippen molar-refractivity contribution in [2.75, 3.05) is 0 Å². The Morgan fingerprint density at radius 1 is 0.429 bits per heavy atom. The fourth-order valence-electron chi connectivity index (χ4n) is 6.60. The first-order valence-electron chi connectivity index (χ1n) is 12.6. The van der Waals surface area contributed by atoms with E-state index in [2.05, 4.69) is 116 Å². The zero-order valence-corrected chi connectivity index (χ0v) is 19.7. The molecule has 8 aromatic rings. The minimum atomic E-state index is 0.415. The molecule has 0 N–H and O–H groups in total. The van der Waals surface area contributed by atoms with Crippen molar-refractivity contribution in [2.45, 2.75) is 19.3 Å². The van der Waals surface area contributed by atoms with E-state index in [-0.39, 0.29) is 0 Å². The Labute approximate surface area is 204 Å². The summed E-state index contributed by atoms with van der Waals surface area (Å²) in [5.41, 5.74) is 2.88. The molecule has 0 saturated carbocycles. The molecule has 0 saturated heterocycles. The average molecular weight is 445 g/mol. The molecule has 0 aliphatic rings. The minimum absolute atomic E-state index is 0.415. The fourth-order valence-corrected chi connectivity index (χ4v) is 6.60. The molecule has 0 spiro atoms. The zero-order valence-electron chi connectivity index (χ0n) is 19.7. The van der Waals surface area contributed by atoms with E-state index >= 15 is 0 Å². The van der Waals surface area contributed by atoms with E-state index in [0.717, 1.165) is 6.42 Å². The van der Waals surface area contributed by atoms with Gasteiger partial charge in [-0.1, -0.05) is 116 Å². The van der Waals surface area contributed by atoms with Crippen LogP contribution in [0.5, 0.6) is 0 Å². The zero-order chi connectivity index (χ0) is 23.1. The molecule has 0 fully saturated rings. The van der Waals surface area contributed by atoms with Crippen LogP contribution in [0.1, 0.15) is 24.0 Å². The van der Waals surface area contributed by atoms with Crippen molar-refractivity contribution in [3.63, 3.8) is 0 Å². The second-order valence-electron chi connectivity index (χ2n) is 10.2.